The molecular weight excluding hydrogens is 518 g/mol. The van der Waals surface area contributed by atoms with Crippen LogP contribution in [0.1, 0.15) is 29.5 Å². The monoisotopic (exact) mass is 551 g/mol. The summed E-state index contributed by atoms with van der Waals surface area (Å²) in [5.41, 5.74) is 6.28. The Morgan fingerprint density at radius 2 is 1.92 bits per heavy atom. The quantitative estimate of drug-likeness (QED) is 0.246. The molecule has 38 heavy (non-hydrogen) atoms. The van der Waals surface area contributed by atoms with E-state index in [4.69, 9.17) is 0 Å². The van der Waals surface area contributed by atoms with Crippen LogP contribution in [0.4, 0.5) is 5.69 Å². The van der Waals surface area contributed by atoms with Crippen LogP contribution in [0.15, 0.2) is 52.2 Å². The average Bonchev–Trinajstić information content (AvgIpc) is 3.39. The van der Waals surface area contributed by atoms with Crippen LogP contribution in [-0.2, 0) is 20.9 Å². The van der Waals surface area contributed by atoms with Crippen LogP contribution in [0.5, 0.6) is 0 Å². The van der Waals surface area contributed by atoms with Gasteiger partial charge >= 0.3 is 0 Å². The highest BCUT2D eigenvalue weighted by molar-refractivity contribution is 8.01. The maximum absolute atomic E-state index is 12.6. The van der Waals surface area contributed by atoms with Gasteiger partial charge in [0.05, 0.1) is 18.0 Å². The lowest BCUT2D eigenvalue weighted by Crippen LogP contribution is -2.44. The first-order valence-corrected chi connectivity index (χ1v) is 14.5. The molecule has 10 heteroatoms. The number of nitrogens with one attached hydrogen (secondary N) is 3. The minimum Gasteiger partial charge on any atom is -0.353 e. The number of thiazole rings is 1. The van der Waals surface area contributed by atoms with Gasteiger partial charge in [-0.05, 0) is 55.5 Å². The molecule has 200 valence electrons. The van der Waals surface area contributed by atoms with Crippen LogP contribution in [0.2, 0.25) is 0 Å². The fraction of sp³-hybridized carbons (Fsp3) is 0.357. The minimum atomic E-state index is -0.304. The first kappa shape index (κ1) is 27.8. The predicted molar refractivity (Wildman–Crippen MR) is 153 cm³/mol. The summed E-state index contributed by atoms with van der Waals surface area (Å²) >= 11 is 2.93. The maximum atomic E-state index is 12.6. The Morgan fingerprint density at radius 1 is 1.11 bits per heavy atom. The summed E-state index contributed by atoms with van der Waals surface area (Å²) in [7, 11) is 0. The van der Waals surface area contributed by atoms with Gasteiger partial charge in [0.25, 0.3) is 0 Å². The van der Waals surface area contributed by atoms with E-state index in [9.17, 15) is 14.4 Å². The van der Waals surface area contributed by atoms with Gasteiger partial charge in [-0.15, -0.1) is 11.3 Å². The second-order valence-corrected chi connectivity index (χ2v) is 11.5. The third-order valence-corrected chi connectivity index (χ3v) is 8.55. The number of carbonyl (C=O) groups is 3. The average molecular weight is 552 g/mol. The highest BCUT2D eigenvalue weighted by Gasteiger charge is 2.21. The zero-order valence-corrected chi connectivity index (χ0v) is 23.3. The number of likely N-dealkylation sites (tertiary alicyclic amines) is 1. The van der Waals surface area contributed by atoms with Crippen molar-refractivity contribution < 1.29 is 14.4 Å². The Morgan fingerprint density at radius 3 is 2.68 bits per heavy atom. The largest absolute Gasteiger partial charge is 0.353 e. The van der Waals surface area contributed by atoms with E-state index in [-0.39, 0.29) is 24.4 Å². The molecular formula is C28H33N5O3S2. The molecule has 1 aliphatic rings. The molecule has 0 unspecified atom stereocenters. The van der Waals surface area contributed by atoms with Gasteiger partial charge in [0.2, 0.25) is 18.2 Å². The molecule has 3 amide bonds. The molecule has 2 aromatic carbocycles. The predicted octanol–water partition coefficient (Wildman–Crippen LogP) is 3.98. The number of nitrogens with zero attached hydrogens (tertiary/aromatic N) is 2. The highest BCUT2D eigenvalue weighted by atomic mass is 32.2. The summed E-state index contributed by atoms with van der Waals surface area (Å²) in [4.78, 5) is 41.9. The van der Waals surface area contributed by atoms with Gasteiger partial charge in [-0.25, -0.2) is 4.98 Å². The van der Waals surface area contributed by atoms with E-state index in [0.717, 1.165) is 48.1 Å². The summed E-state index contributed by atoms with van der Waals surface area (Å²) < 4.78 is 0.822. The van der Waals surface area contributed by atoms with Gasteiger partial charge in [0, 0.05) is 42.3 Å². The van der Waals surface area contributed by atoms with E-state index < -0.39 is 0 Å². The topological polar surface area (TPSA) is 103 Å². The lowest BCUT2D eigenvalue weighted by Gasteiger charge is -2.32. The summed E-state index contributed by atoms with van der Waals surface area (Å²) in [5.74, 6) is 0.0603. The lowest BCUT2D eigenvalue weighted by molar-refractivity contribution is -0.119. The minimum absolute atomic E-state index is 0.0352. The molecule has 1 saturated heterocycles. The summed E-state index contributed by atoms with van der Waals surface area (Å²) in [6.45, 7) is 7.13. The number of thioether (sulfide) groups is 1. The van der Waals surface area contributed by atoms with Gasteiger partial charge < -0.3 is 16.0 Å². The van der Waals surface area contributed by atoms with Crippen LogP contribution in [0.3, 0.4) is 0 Å². The second kappa shape index (κ2) is 13.5. The van der Waals surface area contributed by atoms with Crippen molar-refractivity contribution in [2.24, 2.45) is 0 Å². The third-order valence-electron chi connectivity index (χ3n) is 6.53. The van der Waals surface area contributed by atoms with Gasteiger partial charge in [-0.3, -0.25) is 19.3 Å². The Balaban J connectivity index is 1.20. The first-order valence-electron chi connectivity index (χ1n) is 12.6. The Hall–Kier alpha value is -3.21. The van der Waals surface area contributed by atoms with E-state index in [1.807, 2.05) is 23.6 Å². The van der Waals surface area contributed by atoms with Crippen molar-refractivity contribution in [1.29, 1.82) is 0 Å². The van der Waals surface area contributed by atoms with Crippen molar-refractivity contribution in [3.8, 4) is 11.3 Å². The van der Waals surface area contributed by atoms with Crippen molar-refractivity contribution >= 4 is 47.0 Å². The Bertz CT molecular complexity index is 1270. The van der Waals surface area contributed by atoms with Gasteiger partial charge in [-0.1, -0.05) is 42.1 Å². The van der Waals surface area contributed by atoms with Crippen molar-refractivity contribution in [2.75, 3.05) is 30.7 Å². The number of rotatable bonds is 11. The van der Waals surface area contributed by atoms with Crippen molar-refractivity contribution in [3.63, 3.8) is 0 Å². The van der Waals surface area contributed by atoms with Crippen molar-refractivity contribution in [3.05, 3.63) is 64.5 Å². The molecule has 4 rings (SSSR count). The molecule has 1 fully saturated rings. The van der Waals surface area contributed by atoms with Crippen LogP contribution in [-0.4, -0.2) is 59.5 Å². The molecule has 0 radical (unpaired) electrons. The molecule has 0 saturated carbocycles. The molecule has 0 aliphatic carbocycles. The van der Waals surface area contributed by atoms with Crippen LogP contribution >= 0.6 is 23.1 Å². The van der Waals surface area contributed by atoms with Gasteiger partial charge in [-0.2, -0.15) is 0 Å². The van der Waals surface area contributed by atoms with Gasteiger partial charge in [0.1, 0.15) is 0 Å². The highest BCUT2D eigenvalue weighted by Crippen LogP contribution is 2.29. The normalized spacial score (nSPS) is 14.2. The van der Waals surface area contributed by atoms with E-state index in [1.54, 1.807) is 6.07 Å². The molecule has 0 atom stereocenters. The molecule has 0 bridgehead atoms. The zero-order valence-electron chi connectivity index (χ0n) is 21.7. The van der Waals surface area contributed by atoms with E-state index in [1.165, 1.54) is 39.8 Å². The van der Waals surface area contributed by atoms with Gasteiger partial charge in [0.15, 0.2) is 4.34 Å². The first-order chi connectivity index (χ1) is 18.4. The number of piperidine rings is 1. The van der Waals surface area contributed by atoms with Crippen molar-refractivity contribution in [1.82, 2.24) is 20.5 Å². The summed E-state index contributed by atoms with van der Waals surface area (Å²) in [5, 5.41) is 10.2. The van der Waals surface area contributed by atoms with Crippen LogP contribution in [0.25, 0.3) is 11.3 Å². The SMILES string of the molecule is Cc1ccc(CN2CCC(NC(=O)CSc3nc(-c4cccc(NC(=O)CNC=O)c4)cs3)CC2)cc1C. The number of carbonyl (C=O) groups excluding carboxylic acids is 3. The molecule has 8 nitrogen and oxygen atoms in total. The molecule has 0 spiro atoms. The Kier molecular flexibility index (Phi) is 9.91. The smallest absolute Gasteiger partial charge is 0.243 e. The molecule has 1 aliphatic heterocycles. The van der Waals surface area contributed by atoms with E-state index in [2.05, 4.69) is 57.9 Å². The fourth-order valence-electron chi connectivity index (χ4n) is 4.34. The van der Waals surface area contributed by atoms with Crippen LogP contribution in [0, 0.1) is 13.8 Å². The Labute approximate surface area is 231 Å². The second-order valence-electron chi connectivity index (χ2n) is 9.45. The number of anilines is 1. The number of aromatic nitrogens is 1. The standard InChI is InChI=1S/C28H33N5O3S2/c1-19-6-7-21(12-20(19)2)15-33-10-8-23(9-11-33)30-27(36)17-38-28-32-25(16-37-28)22-4-3-5-24(13-22)31-26(35)14-29-18-34/h3-7,12-13,16,18,23H,8-11,14-15,17H2,1-2H3,(H,29,34)(H,30,36)(H,31,35). The molecule has 1 aromatic heterocycles. The molecule has 3 aromatic rings. The fourth-order valence-corrected chi connectivity index (χ4v) is 5.99. The number of amides is 3. The lowest BCUT2D eigenvalue weighted by atomic mass is 10.0. The van der Waals surface area contributed by atoms with E-state index >= 15 is 0 Å². The summed E-state index contributed by atoms with van der Waals surface area (Å²) in [6.07, 6.45) is 2.41. The third kappa shape index (κ3) is 8.14. The van der Waals surface area contributed by atoms with E-state index in [0.29, 0.717) is 17.9 Å². The molecule has 2 heterocycles. The number of aryl methyl sites for hydroxylation is 2. The summed E-state index contributed by atoms with van der Waals surface area (Å²) in [6, 6.07) is 14.3. The number of hydrogen-bond acceptors (Lipinski definition) is 7. The zero-order chi connectivity index (χ0) is 26.9. The molecule has 3 N–H and O–H groups in total. The number of benzene rings is 2. The van der Waals surface area contributed by atoms with Crippen LogP contribution < -0.4 is 16.0 Å². The van der Waals surface area contributed by atoms with Crippen molar-refractivity contribution in [2.45, 2.75) is 43.6 Å². The maximum Gasteiger partial charge on any atom is 0.243 e. The number of hydrogen-bond donors (Lipinski definition) is 3.